The molecular formula is C7H9ClN2O4. The van der Waals surface area contributed by atoms with Gasteiger partial charge in [-0.3, -0.25) is 0 Å². The molecule has 6 nitrogen and oxygen atoms in total. The number of rotatable bonds is 2. The van der Waals surface area contributed by atoms with Crippen LogP contribution in [-0.2, 0) is 0 Å². The zero-order valence-corrected chi connectivity index (χ0v) is 8.00. The van der Waals surface area contributed by atoms with Crippen molar-refractivity contribution in [1.82, 2.24) is 0 Å². The van der Waals surface area contributed by atoms with Crippen LogP contribution in [0.1, 0.15) is 5.56 Å². The molecule has 0 saturated carbocycles. The molecule has 4 N–H and O–H groups in total. The Bertz CT molecular complexity index is 313. The average Bonchev–Trinajstić information content (AvgIpc) is 2.07. The molecule has 0 bridgehead atoms. The summed E-state index contributed by atoms with van der Waals surface area (Å²) in [5, 5.41) is 36.1. The van der Waals surface area contributed by atoms with Gasteiger partial charge >= 0.3 is 0 Å². The van der Waals surface area contributed by atoms with Crippen LogP contribution in [0.3, 0.4) is 0 Å². The lowest BCUT2D eigenvalue weighted by Gasteiger charge is -2.18. The molecule has 2 unspecified atom stereocenters. The van der Waals surface area contributed by atoms with Crippen LogP contribution in [0.25, 0.3) is 0 Å². The highest BCUT2D eigenvalue weighted by atomic mass is 35.5. The van der Waals surface area contributed by atoms with Crippen molar-refractivity contribution >= 4 is 23.0 Å². The number of quaternary nitrogens is 2. The molecule has 1 aromatic carbocycles. The summed E-state index contributed by atoms with van der Waals surface area (Å²) in [6.45, 7) is 1.61. The lowest BCUT2D eigenvalue weighted by Crippen LogP contribution is -3.01. The fourth-order valence-corrected chi connectivity index (χ4v) is 1.35. The summed E-state index contributed by atoms with van der Waals surface area (Å²) in [6.07, 6.45) is 0. The molecule has 1 rings (SSSR count). The first-order chi connectivity index (χ1) is 6.43. The Balaban J connectivity index is 3.32. The minimum absolute atomic E-state index is 0.191. The lowest BCUT2D eigenvalue weighted by molar-refractivity contribution is -0.996. The maximum atomic E-state index is 10.7. The molecule has 0 saturated heterocycles. The Labute approximate surface area is 84.6 Å². The Kier molecular flexibility index (Phi) is 3.40. The first-order valence-electron chi connectivity index (χ1n) is 3.70. The van der Waals surface area contributed by atoms with Gasteiger partial charge in [-0.15, -0.1) is 0 Å². The summed E-state index contributed by atoms with van der Waals surface area (Å²) >= 11 is 5.61. The quantitative estimate of drug-likeness (QED) is 0.503. The first-order valence-corrected chi connectivity index (χ1v) is 4.08. The molecule has 0 amide bonds. The maximum Gasteiger partial charge on any atom is 0.189 e. The van der Waals surface area contributed by atoms with Crippen LogP contribution in [-0.4, -0.2) is 10.4 Å². The van der Waals surface area contributed by atoms with Gasteiger partial charge in [0.25, 0.3) is 0 Å². The van der Waals surface area contributed by atoms with Gasteiger partial charge in [0.1, 0.15) is 0 Å². The van der Waals surface area contributed by atoms with Crippen LogP contribution in [0.5, 0.6) is 0 Å². The van der Waals surface area contributed by atoms with Gasteiger partial charge in [0.2, 0.25) is 0 Å². The van der Waals surface area contributed by atoms with E-state index in [0.29, 0.717) is 5.56 Å². The molecule has 0 spiro atoms. The highest BCUT2D eigenvalue weighted by Crippen LogP contribution is 2.26. The molecule has 0 radical (unpaired) electrons. The summed E-state index contributed by atoms with van der Waals surface area (Å²) in [5.41, 5.74) is 0.164. The molecule has 7 heteroatoms. The van der Waals surface area contributed by atoms with Crippen molar-refractivity contribution < 1.29 is 20.9 Å². The van der Waals surface area contributed by atoms with Crippen LogP contribution in [0, 0.1) is 17.3 Å². The van der Waals surface area contributed by atoms with Crippen LogP contribution in [0.2, 0.25) is 5.02 Å². The van der Waals surface area contributed by atoms with Gasteiger partial charge in [-0.2, -0.15) is 10.5 Å². The summed E-state index contributed by atoms with van der Waals surface area (Å²) < 4.78 is 0. The van der Waals surface area contributed by atoms with Gasteiger partial charge in [-0.1, -0.05) is 11.6 Å². The predicted octanol–water partition coefficient (Wildman–Crippen LogP) is -0.545. The van der Waals surface area contributed by atoms with Crippen molar-refractivity contribution in [1.29, 1.82) is 0 Å². The van der Waals surface area contributed by atoms with Gasteiger partial charge in [0.05, 0.1) is 0 Å². The van der Waals surface area contributed by atoms with Gasteiger partial charge in [-0.05, 0) is 12.5 Å². The van der Waals surface area contributed by atoms with Gasteiger partial charge in [0.15, 0.2) is 16.4 Å². The Hall–Kier alpha value is -0.730. The molecule has 0 aliphatic heterocycles. The van der Waals surface area contributed by atoms with E-state index < -0.39 is 10.5 Å². The molecule has 0 heterocycles. The molecule has 0 fully saturated rings. The number of halogens is 1. The van der Waals surface area contributed by atoms with Crippen LogP contribution in [0.15, 0.2) is 12.1 Å². The van der Waals surface area contributed by atoms with E-state index in [-0.39, 0.29) is 16.4 Å². The zero-order valence-electron chi connectivity index (χ0n) is 7.24. The summed E-state index contributed by atoms with van der Waals surface area (Å²) in [6, 6.07) is 2.66. The molecule has 0 aliphatic rings. The monoisotopic (exact) mass is 220 g/mol. The fraction of sp³-hybridized carbons (Fsp3) is 0.143. The third kappa shape index (κ3) is 2.20. The topological polar surface area (TPSA) is 95.5 Å². The largest absolute Gasteiger partial charge is 0.595 e. The van der Waals surface area contributed by atoms with Crippen molar-refractivity contribution in [2.75, 3.05) is 0 Å². The molecule has 14 heavy (non-hydrogen) atoms. The van der Waals surface area contributed by atoms with E-state index in [0.717, 1.165) is 0 Å². The van der Waals surface area contributed by atoms with Crippen LogP contribution < -0.4 is 10.5 Å². The summed E-state index contributed by atoms with van der Waals surface area (Å²) in [5.74, 6) is 0. The second-order valence-corrected chi connectivity index (χ2v) is 3.16. The van der Waals surface area contributed by atoms with Crippen molar-refractivity contribution in [3.63, 3.8) is 0 Å². The maximum absolute atomic E-state index is 10.7. The Morgan fingerprint density at radius 1 is 1.14 bits per heavy atom. The lowest BCUT2D eigenvalue weighted by atomic mass is 10.2. The second-order valence-electron chi connectivity index (χ2n) is 2.78. The smallest absolute Gasteiger partial charge is 0.189 e. The van der Waals surface area contributed by atoms with Crippen LogP contribution >= 0.6 is 11.6 Å². The normalized spacial score (nSPS) is 15.3. The number of nitrogens with one attached hydrogen (secondary N) is 2. The highest BCUT2D eigenvalue weighted by molar-refractivity contribution is 6.34. The highest BCUT2D eigenvalue weighted by Gasteiger charge is 2.17. The van der Waals surface area contributed by atoms with E-state index in [1.165, 1.54) is 12.1 Å². The number of hydrogen-bond donors (Lipinski definition) is 4. The van der Waals surface area contributed by atoms with Crippen molar-refractivity contribution in [2.45, 2.75) is 6.92 Å². The fourth-order valence-electron chi connectivity index (χ4n) is 1.08. The molecule has 2 atom stereocenters. The van der Waals surface area contributed by atoms with Crippen molar-refractivity contribution in [2.24, 2.45) is 0 Å². The molecule has 0 aliphatic carbocycles. The first kappa shape index (κ1) is 11.3. The predicted molar refractivity (Wildman–Crippen MR) is 47.7 cm³/mol. The van der Waals surface area contributed by atoms with E-state index in [1.54, 1.807) is 6.92 Å². The number of hydrogen-bond acceptors (Lipinski definition) is 4. The van der Waals surface area contributed by atoms with Gasteiger partial charge in [0, 0.05) is 12.1 Å². The average molecular weight is 221 g/mol. The van der Waals surface area contributed by atoms with Crippen molar-refractivity contribution in [3.8, 4) is 0 Å². The Morgan fingerprint density at radius 2 is 1.50 bits per heavy atom. The van der Waals surface area contributed by atoms with E-state index in [2.05, 4.69) is 0 Å². The third-order valence-electron chi connectivity index (χ3n) is 1.68. The Morgan fingerprint density at radius 3 is 1.79 bits per heavy atom. The van der Waals surface area contributed by atoms with E-state index in [1.807, 2.05) is 0 Å². The minimum Gasteiger partial charge on any atom is -0.595 e. The summed E-state index contributed by atoms with van der Waals surface area (Å²) in [4.78, 5) is 0. The van der Waals surface area contributed by atoms with Gasteiger partial charge in [-0.25, -0.2) is 10.4 Å². The molecule has 0 aromatic heterocycles. The second kappa shape index (κ2) is 4.20. The van der Waals surface area contributed by atoms with E-state index in [4.69, 9.17) is 22.0 Å². The van der Waals surface area contributed by atoms with Gasteiger partial charge < -0.3 is 10.4 Å². The van der Waals surface area contributed by atoms with E-state index in [9.17, 15) is 10.4 Å². The standard InChI is InChI=1S/C7H9ClN2O4/c1-4-2-5(9(11)12)7(8)6(3-4)10(13)14/h2-3,9-11,13H,1H3. The summed E-state index contributed by atoms with van der Waals surface area (Å²) in [7, 11) is 0. The van der Waals surface area contributed by atoms with E-state index >= 15 is 0 Å². The van der Waals surface area contributed by atoms with Crippen LogP contribution in [0.4, 0.5) is 11.4 Å². The molecular weight excluding hydrogens is 212 g/mol. The zero-order chi connectivity index (χ0) is 10.9. The minimum atomic E-state index is -1.23. The molecule has 1 aromatic rings. The SMILES string of the molecule is Cc1cc([NH+]([O-])O)c(Cl)c([NH+]([O-])O)c1. The van der Waals surface area contributed by atoms with Crippen molar-refractivity contribution in [3.05, 3.63) is 33.1 Å². The number of aryl methyl sites for hydroxylation is 1. The molecule has 78 valence electrons. The number of benzene rings is 1. The third-order valence-corrected chi connectivity index (χ3v) is 2.08.